The second-order valence-electron chi connectivity index (χ2n) is 23.8. The lowest BCUT2D eigenvalue weighted by atomic mass is 9.94. The third kappa shape index (κ3) is 27.6. The second-order valence-corrected chi connectivity index (χ2v) is 23.8. The average Bonchev–Trinajstić information content (AvgIpc) is 4.39. The fourth-order valence-corrected chi connectivity index (χ4v) is 12.8. The number of hydrogen-bond donors (Lipinski definition) is 2. The van der Waals surface area contributed by atoms with Gasteiger partial charge in [0, 0.05) is 19.4 Å². The maximum Gasteiger partial charge on any atom is 0.407 e. The third-order valence-corrected chi connectivity index (χ3v) is 17.3. The Balaban J connectivity index is 0.000000240. The van der Waals surface area contributed by atoms with Crippen LogP contribution in [-0.2, 0) is 76.3 Å². The molecule has 22 nitrogen and oxygen atoms in total. The van der Waals surface area contributed by atoms with E-state index < -0.39 is 6.09 Å². The van der Waals surface area contributed by atoms with Crippen molar-refractivity contribution in [2.75, 3.05) is 79.1 Å². The molecule has 22 heteroatoms. The summed E-state index contributed by atoms with van der Waals surface area (Å²) in [6, 6.07) is 0. The lowest BCUT2D eigenvalue weighted by Crippen LogP contribution is -2.28. The van der Waals surface area contributed by atoms with E-state index in [2.05, 4.69) is 68.6 Å². The van der Waals surface area contributed by atoms with Gasteiger partial charge >= 0.3 is 41.9 Å². The molecular formula is C66H94N4O18. The van der Waals surface area contributed by atoms with E-state index in [0.29, 0.717) is 86.4 Å². The molecule has 88 heavy (non-hydrogen) atoms. The van der Waals surface area contributed by atoms with E-state index in [4.69, 9.17) is 43.5 Å². The van der Waals surface area contributed by atoms with Gasteiger partial charge in [-0.25, -0.2) is 24.4 Å². The van der Waals surface area contributed by atoms with Crippen LogP contribution in [0.25, 0.3) is 0 Å². The number of hydrogen-bond acceptors (Lipinski definition) is 21. The summed E-state index contributed by atoms with van der Waals surface area (Å²) in [5.74, 6) is 2.32. The maximum absolute atomic E-state index is 12.1. The number of carbonyl (C=O) groups excluding carboxylic acids is 9. The molecular weight excluding hydrogens is 1140 g/mol. The lowest BCUT2D eigenvalue weighted by Gasteiger charge is -2.16. The quantitative estimate of drug-likeness (QED) is 0.0111. The minimum absolute atomic E-state index is 0.0112. The molecule has 8 rings (SSSR count). The van der Waals surface area contributed by atoms with E-state index in [9.17, 15) is 43.2 Å². The van der Waals surface area contributed by atoms with Gasteiger partial charge in [-0.1, -0.05) is 93.6 Å². The average molecular weight is 1230 g/mol. The number of carbonyl (C=O) groups is 7. The van der Waals surface area contributed by atoms with Crippen LogP contribution in [0, 0.1) is 82.5 Å². The first-order chi connectivity index (χ1) is 42.9. The summed E-state index contributed by atoms with van der Waals surface area (Å²) in [7, 11) is 0. The van der Waals surface area contributed by atoms with E-state index in [0.717, 1.165) is 141 Å². The van der Waals surface area contributed by atoms with Crippen molar-refractivity contribution in [3.63, 3.8) is 0 Å². The van der Waals surface area contributed by atoms with E-state index >= 15 is 0 Å². The van der Waals surface area contributed by atoms with Crippen molar-refractivity contribution in [3.05, 3.63) is 48.6 Å². The molecule has 2 N–H and O–H groups in total. The van der Waals surface area contributed by atoms with Gasteiger partial charge in [-0.3, -0.25) is 28.8 Å². The van der Waals surface area contributed by atoms with Gasteiger partial charge < -0.3 is 48.3 Å². The number of nitrogens with zero attached hydrogens (tertiary/aromatic N) is 3. The number of fused-ring (bicyclic) bond motifs is 8. The molecule has 0 saturated heterocycles. The summed E-state index contributed by atoms with van der Waals surface area (Å²) in [6.45, 7) is 2.76. The van der Waals surface area contributed by atoms with E-state index in [1.54, 1.807) is 6.26 Å². The van der Waals surface area contributed by atoms with Crippen LogP contribution in [0.1, 0.15) is 154 Å². The number of isocyanates is 2. The van der Waals surface area contributed by atoms with Crippen LogP contribution in [-0.4, -0.2) is 138 Å². The monoisotopic (exact) mass is 1230 g/mol. The SMILES string of the molecule is N#COCCCCCCN=C=O.O=C(CCCCCCCNC(=O)OCCOC(=O)C1CC2C=CC1C2)OCCOC(=O)C1CC2C=CC1C2.O=C(OCCO)C1CC2C=CC1C2.O=C=NCCCCCCCC(=O)OCCOC(=O)C1CC2C=CC1C2. The summed E-state index contributed by atoms with van der Waals surface area (Å²) in [6.07, 6.45) is 42.7. The van der Waals surface area contributed by atoms with Gasteiger partial charge in [0.15, 0.2) is 0 Å². The van der Waals surface area contributed by atoms with Gasteiger partial charge in [-0.15, -0.1) is 0 Å². The van der Waals surface area contributed by atoms with Crippen LogP contribution in [0.5, 0.6) is 0 Å². The topological polar surface area (TPSA) is 308 Å². The van der Waals surface area contributed by atoms with Gasteiger partial charge in [-0.05, 0) is 144 Å². The zero-order chi connectivity index (χ0) is 63.0. The number of amides is 1. The molecule has 4 fully saturated rings. The standard InChI is InChI=1S/C29H41NO8.C19H27NO5.C10H14O3.C8H12N2O2/c31-26(35-12-13-36-27(32)24-18-20-7-9-22(24)16-20)6-4-2-1-3-5-11-30-29(34)38-15-14-37-28(33)25-19-21-8-10-23(25)17-21;21-14-20-9-5-3-1-2-4-6-18(22)24-10-11-25-19(23)17-13-15-7-8-16(17)12-15;11-3-4-13-10(12)9-6-7-1-2-8(9)5-7;9-7-12-6-4-2-1-3-5-10-8-11/h7-10,20-25H,1-6,11-19H2,(H,30,34);7-8,15-17H,1-6,9-13H2;1-2,7-9,11H,3-6H2;1-6H2. The van der Waals surface area contributed by atoms with E-state index in [-0.39, 0.29) is 112 Å². The second kappa shape index (κ2) is 42.9. The van der Waals surface area contributed by atoms with Crippen molar-refractivity contribution in [2.24, 2.45) is 81.0 Å². The first-order valence-corrected chi connectivity index (χ1v) is 32.2. The Bertz CT molecular complexity index is 2370. The highest BCUT2D eigenvalue weighted by molar-refractivity contribution is 5.76. The van der Waals surface area contributed by atoms with Crippen molar-refractivity contribution in [2.45, 2.75) is 154 Å². The molecule has 4 saturated carbocycles. The van der Waals surface area contributed by atoms with Crippen molar-refractivity contribution < 1.29 is 86.2 Å². The summed E-state index contributed by atoms with van der Waals surface area (Å²) in [4.78, 5) is 109. The third-order valence-electron chi connectivity index (χ3n) is 17.3. The predicted molar refractivity (Wildman–Crippen MR) is 319 cm³/mol. The van der Waals surface area contributed by atoms with Crippen LogP contribution in [0.2, 0.25) is 0 Å². The number of rotatable bonds is 38. The molecule has 12 unspecified atom stereocenters. The first-order valence-electron chi connectivity index (χ1n) is 32.2. The van der Waals surface area contributed by atoms with E-state index in [1.807, 2.05) is 0 Å². The maximum atomic E-state index is 12.1. The summed E-state index contributed by atoms with van der Waals surface area (Å²) in [5.41, 5.74) is 0. The predicted octanol–water partition coefficient (Wildman–Crippen LogP) is 9.18. The Hall–Kier alpha value is -6.94. The molecule has 0 aromatic heterocycles. The molecule has 8 bridgehead atoms. The Morgan fingerprint density at radius 1 is 0.409 bits per heavy atom. The molecule has 0 aromatic carbocycles. The Kier molecular flexibility index (Phi) is 35.0. The smallest absolute Gasteiger partial charge is 0.407 e. The fraction of sp³-hybridized carbons (Fsp3) is 0.727. The number of nitrogens with one attached hydrogen (secondary N) is 1. The van der Waals surface area contributed by atoms with Crippen LogP contribution in [0.4, 0.5) is 4.79 Å². The number of aliphatic hydroxyl groups is 1. The Morgan fingerprint density at radius 3 is 1.10 bits per heavy atom. The van der Waals surface area contributed by atoms with Crippen molar-refractivity contribution >= 4 is 54.1 Å². The van der Waals surface area contributed by atoms with Crippen molar-refractivity contribution in [3.8, 4) is 6.26 Å². The van der Waals surface area contributed by atoms with Crippen LogP contribution >= 0.6 is 0 Å². The molecule has 0 aromatic rings. The molecule has 0 heterocycles. The number of aliphatic hydroxyl groups excluding tert-OH is 1. The molecule has 1 amide bonds. The number of alkyl carbamates (subject to hydrolysis) is 1. The molecule has 0 aliphatic heterocycles. The molecule has 8 aliphatic rings. The first kappa shape index (κ1) is 71.8. The molecule has 486 valence electrons. The minimum Gasteiger partial charge on any atom is -0.463 e. The Labute approximate surface area is 518 Å². The molecule has 12 atom stereocenters. The highest BCUT2D eigenvalue weighted by Crippen LogP contribution is 2.46. The number of esters is 6. The molecule has 8 aliphatic carbocycles. The highest BCUT2D eigenvalue weighted by atomic mass is 16.6. The van der Waals surface area contributed by atoms with Crippen molar-refractivity contribution in [1.29, 1.82) is 5.26 Å². The zero-order valence-corrected chi connectivity index (χ0v) is 51.2. The van der Waals surface area contributed by atoms with Crippen LogP contribution < -0.4 is 5.32 Å². The normalized spacial score (nSPS) is 25.0. The minimum atomic E-state index is -0.510. The zero-order valence-electron chi connectivity index (χ0n) is 51.2. The fourth-order valence-electron chi connectivity index (χ4n) is 12.8. The number of allylic oxidation sites excluding steroid dienone is 8. The van der Waals surface area contributed by atoms with Crippen molar-refractivity contribution in [1.82, 2.24) is 5.32 Å². The molecule has 0 radical (unpaired) electrons. The van der Waals surface area contributed by atoms with Gasteiger partial charge in [0.25, 0.3) is 6.26 Å². The summed E-state index contributed by atoms with van der Waals surface area (Å²) < 4.78 is 40.5. The molecule has 0 spiro atoms. The number of aliphatic imine (C=N–C) groups is 2. The number of unbranched alkanes of at least 4 members (excludes halogenated alkanes) is 11. The summed E-state index contributed by atoms with van der Waals surface area (Å²) >= 11 is 0. The highest BCUT2D eigenvalue weighted by Gasteiger charge is 2.43. The summed E-state index contributed by atoms with van der Waals surface area (Å²) in [5, 5.41) is 19.2. The van der Waals surface area contributed by atoms with Crippen LogP contribution in [0.3, 0.4) is 0 Å². The lowest BCUT2D eigenvalue weighted by molar-refractivity contribution is -0.155. The van der Waals surface area contributed by atoms with Gasteiger partial charge in [0.1, 0.15) is 52.9 Å². The Morgan fingerprint density at radius 2 is 0.750 bits per heavy atom. The van der Waals surface area contributed by atoms with Gasteiger partial charge in [0.2, 0.25) is 12.2 Å². The van der Waals surface area contributed by atoms with E-state index in [1.165, 1.54) is 12.2 Å². The van der Waals surface area contributed by atoms with Gasteiger partial charge in [-0.2, -0.15) is 5.26 Å². The van der Waals surface area contributed by atoms with Gasteiger partial charge in [0.05, 0.1) is 43.4 Å². The number of ether oxygens (including phenoxy) is 8. The van der Waals surface area contributed by atoms with Crippen LogP contribution in [0.15, 0.2) is 58.6 Å². The number of nitriles is 1. The largest absolute Gasteiger partial charge is 0.463 e.